The molecule has 0 aromatic heterocycles. The van der Waals surface area contributed by atoms with Gasteiger partial charge in [0.25, 0.3) is 0 Å². The van der Waals surface area contributed by atoms with Gasteiger partial charge in [-0.05, 0) is 36.6 Å². The van der Waals surface area contributed by atoms with Crippen molar-refractivity contribution in [2.24, 2.45) is 0 Å². The van der Waals surface area contributed by atoms with E-state index in [2.05, 4.69) is 14.1 Å². The number of piperidine rings is 1. The molecule has 6 heteroatoms. The lowest BCUT2D eigenvalue weighted by atomic mass is 9.87. The molecule has 1 amide bonds. The van der Waals surface area contributed by atoms with Crippen molar-refractivity contribution in [2.75, 3.05) is 32.6 Å². The van der Waals surface area contributed by atoms with Gasteiger partial charge < -0.3 is 9.22 Å². The number of amides is 1. The Kier molecular flexibility index (Phi) is 5.54. The number of fused-ring (bicyclic) bond motifs is 2. The maximum absolute atomic E-state index is 14.8. The molecule has 0 aliphatic carbocycles. The van der Waals surface area contributed by atoms with Crippen molar-refractivity contribution in [3.63, 3.8) is 0 Å². The third-order valence-corrected chi connectivity index (χ3v) is 7.69. The molecule has 4 rings (SSSR count). The van der Waals surface area contributed by atoms with E-state index < -0.39 is 11.9 Å². The molecule has 2 fully saturated rings. The van der Waals surface area contributed by atoms with Gasteiger partial charge in [0.15, 0.2) is 0 Å². The van der Waals surface area contributed by atoms with Gasteiger partial charge in [-0.15, -0.1) is 0 Å². The molecule has 2 saturated heterocycles. The normalized spacial score (nSPS) is 24.5. The number of likely N-dealkylation sites (N-methyl/N-ethyl adjacent to an activating group) is 1. The number of hydrogen-bond acceptors (Lipinski definition) is 2. The number of carbonyl (C=O) groups is 1. The van der Waals surface area contributed by atoms with E-state index in [4.69, 9.17) is 16.3 Å². The molecular weight excluding hydrogens is 403 g/mol. The Hall–Kier alpha value is -2.11. The Morgan fingerprint density at radius 2 is 2.00 bits per heavy atom. The third-order valence-electron chi connectivity index (χ3n) is 7.45. The average Bonchev–Trinajstić information content (AvgIpc) is 2.87. The van der Waals surface area contributed by atoms with Crippen molar-refractivity contribution >= 4 is 23.4 Å². The first-order valence-corrected chi connectivity index (χ1v) is 10.9. The molecule has 2 unspecified atom stereocenters. The second kappa shape index (κ2) is 7.86. The van der Waals surface area contributed by atoms with E-state index in [0.717, 1.165) is 22.9 Å². The second-order valence-corrected chi connectivity index (χ2v) is 9.55. The van der Waals surface area contributed by atoms with Crippen LogP contribution in [0.25, 0.3) is 11.1 Å². The first kappa shape index (κ1) is 21.1. The first-order chi connectivity index (χ1) is 14.2. The molecule has 2 aliphatic rings. The van der Waals surface area contributed by atoms with Crippen LogP contribution in [0.2, 0.25) is 5.02 Å². The van der Waals surface area contributed by atoms with Crippen LogP contribution in [0.4, 0.5) is 14.9 Å². The summed E-state index contributed by atoms with van der Waals surface area (Å²) >= 11 is 6.13. The minimum Gasteiger partial charge on any atom is -0.443 e. The Labute approximate surface area is 182 Å². The number of rotatable bonds is 4. The van der Waals surface area contributed by atoms with Crippen LogP contribution in [0.3, 0.4) is 0 Å². The zero-order chi connectivity index (χ0) is 21.5. The van der Waals surface area contributed by atoms with Gasteiger partial charge in [0, 0.05) is 36.9 Å². The average molecular weight is 432 g/mol. The predicted molar refractivity (Wildman–Crippen MR) is 118 cm³/mol. The molecule has 2 atom stereocenters. The van der Waals surface area contributed by atoms with Crippen molar-refractivity contribution in [1.82, 2.24) is 0 Å². The summed E-state index contributed by atoms with van der Waals surface area (Å²) in [7, 11) is 6.07. The molecule has 0 radical (unpaired) electrons. The summed E-state index contributed by atoms with van der Waals surface area (Å²) in [6, 6.07) is 12.6. The fourth-order valence-corrected chi connectivity index (χ4v) is 5.61. The number of halogens is 2. The monoisotopic (exact) mass is 431 g/mol. The highest BCUT2D eigenvalue weighted by Gasteiger charge is 2.58. The first-order valence-electron chi connectivity index (χ1n) is 10.5. The highest BCUT2D eigenvalue weighted by atomic mass is 35.5. The molecule has 30 heavy (non-hydrogen) atoms. The summed E-state index contributed by atoms with van der Waals surface area (Å²) in [5, 5.41) is 0.556. The van der Waals surface area contributed by atoms with Crippen LogP contribution in [0, 0.1) is 5.82 Å². The molecule has 2 aromatic carbocycles. The van der Waals surface area contributed by atoms with E-state index >= 15 is 0 Å². The number of nitrogens with zero attached hydrogens (tertiary/aromatic N) is 2. The summed E-state index contributed by atoms with van der Waals surface area (Å²) in [5.74, 6) is -0.472. The van der Waals surface area contributed by atoms with E-state index in [1.807, 2.05) is 12.1 Å². The molecule has 0 saturated carbocycles. The predicted octanol–water partition coefficient (Wildman–Crippen LogP) is 5.88. The Balaban J connectivity index is 1.57. The van der Waals surface area contributed by atoms with Crippen LogP contribution in [0.5, 0.6) is 0 Å². The fourth-order valence-electron chi connectivity index (χ4n) is 5.42. The van der Waals surface area contributed by atoms with Gasteiger partial charge >= 0.3 is 6.09 Å². The van der Waals surface area contributed by atoms with E-state index in [9.17, 15) is 9.18 Å². The van der Waals surface area contributed by atoms with Gasteiger partial charge in [-0.3, -0.25) is 4.90 Å². The minimum atomic E-state index is -0.535. The molecule has 0 spiro atoms. The van der Waals surface area contributed by atoms with Crippen LogP contribution in [0.15, 0.2) is 42.5 Å². The number of hydrogen-bond donors (Lipinski definition) is 0. The summed E-state index contributed by atoms with van der Waals surface area (Å²) in [4.78, 5) is 14.3. The topological polar surface area (TPSA) is 29.5 Å². The lowest BCUT2D eigenvalue weighted by Gasteiger charge is -2.49. The number of quaternary nitrogens is 1. The molecule has 160 valence electrons. The van der Waals surface area contributed by atoms with Gasteiger partial charge in [0.1, 0.15) is 18.0 Å². The maximum Gasteiger partial charge on any atom is 0.414 e. The largest absolute Gasteiger partial charge is 0.443 e. The highest BCUT2D eigenvalue weighted by Crippen LogP contribution is 2.48. The lowest BCUT2D eigenvalue weighted by molar-refractivity contribution is -0.956. The number of benzene rings is 2. The van der Waals surface area contributed by atoms with Gasteiger partial charge in [-0.25, -0.2) is 9.18 Å². The van der Waals surface area contributed by atoms with Crippen molar-refractivity contribution in [3.05, 3.63) is 53.3 Å². The quantitative estimate of drug-likeness (QED) is 0.565. The van der Waals surface area contributed by atoms with Crippen LogP contribution in [-0.4, -0.2) is 49.9 Å². The zero-order valence-corrected chi connectivity index (χ0v) is 18.6. The zero-order valence-electron chi connectivity index (χ0n) is 17.8. The molecule has 2 aliphatic heterocycles. The highest BCUT2D eigenvalue weighted by molar-refractivity contribution is 6.30. The van der Waals surface area contributed by atoms with E-state index in [0.29, 0.717) is 23.2 Å². The van der Waals surface area contributed by atoms with Crippen LogP contribution < -0.4 is 4.90 Å². The third kappa shape index (κ3) is 3.48. The Bertz CT molecular complexity index is 960. The van der Waals surface area contributed by atoms with Crippen molar-refractivity contribution in [1.29, 1.82) is 0 Å². The Morgan fingerprint density at radius 3 is 2.77 bits per heavy atom. The van der Waals surface area contributed by atoms with Gasteiger partial charge in [-0.2, -0.15) is 0 Å². The van der Waals surface area contributed by atoms with E-state index in [1.165, 1.54) is 30.2 Å². The van der Waals surface area contributed by atoms with Crippen LogP contribution in [0.1, 0.15) is 32.1 Å². The van der Waals surface area contributed by atoms with E-state index in [1.54, 1.807) is 31.3 Å². The fraction of sp³-hybridized carbons (Fsp3) is 0.458. The van der Waals surface area contributed by atoms with Gasteiger partial charge in [0.2, 0.25) is 0 Å². The summed E-state index contributed by atoms with van der Waals surface area (Å²) < 4.78 is 21.5. The number of para-hydroxylation sites is 1. The summed E-state index contributed by atoms with van der Waals surface area (Å²) in [6.07, 6.45) is 5.17. The number of carbonyl (C=O) groups excluding carboxylic acids is 1. The summed E-state index contributed by atoms with van der Waals surface area (Å²) in [6.45, 7) is 0.362. The second-order valence-electron chi connectivity index (χ2n) is 9.11. The molecule has 2 aromatic rings. The SMILES string of the molecule is CN(C(=O)OCC12CCCC(CC1)[N+]2(C)C)c1c(F)cccc1-c1cccc(Cl)c1. The number of ether oxygens (including phenoxy) is 1. The molecule has 4 nitrogen and oxygen atoms in total. The smallest absolute Gasteiger partial charge is 0.414 e. The minimum absolute atomic E-state index is 0.0373. The van der Waals surface area contributed by atoms with Crippen molar-refractivity contribution in [2.45, 2.75) is 43.7 Å². The van der Waals surface area contributed by atoms with Crippen molar-refractivity contribution < 1.29 is 18.4 Å². The van der Waals surface area contributed by atoms with Gasteiger partial charge in [-0.1, -0.05) is 35.9 Å². The maximum atomic E-state index is 14.8. The standard InChI is InChI=1S/C24H29ClFN2O2/c1-27(22-20(10-5-11-21(22)26)17-7-4-8-18(25)15-17)23(29)30-16-24-13-6-9-19(12-14-24)28(24,2)3/h4-5,7-8,10-11,15,19H,6,9,12-14,16H2,1-3H3/q+1. The van der Waals surface area contributed by atoms with Crippen molar-refractivity contribution in [3.8, 4) is 11.1 Å². The lowest BCUT2D eigenvalue weighted by Crippen LogP contribution is -2.63. The van der Waals surface area contributed by atoms with Crippen LogP contribution in [-0.2, 0) is 4.74 Å². The molecule has 2 heterocycles. The van der Waals surface area contributed by atoms with Gasteiger partial charge in [0.05, 0.1) is 25.8 Å². The molecular formula is C24H29ClFN2O2+. The van der Waals surface area contributed by atoms with Crippen LogP contribution >= 0.6 is 11.6 Å². The molecule has 2 bridgehead atoms. The Morgan fingerprint density at radius 1 is 1.23 bits per heavy atom. The van der Waals surface area contributed by atoms with E-state index in [-0.39, 0.29) is 11.2 Å². The number of anilines is 1. The summed E-state index contributed by atoms with van der Waals surface area (Å²) in [5.41, 5.74) is 1.51. The molecule has 0 N–H and O–H groups in total.